The fourth-order valence-electron chi connectivity index (χ4n) is 4.47. The standard InChI is InChI=1S/C24H40N6O2/c1-3-25-23(31)19-29-12-8-27(9-13-29)17-21-6-5-7-22(16-21)18-28-10-14-30(15-11-28)20-24(32)26-4-2/h5-7,16H,3-4,8-15,17-20H2,1-2H3,(H,25,31)(H,26,32). The van der Waals surface area contributed by atoms with Crippen LogP contribution in [0.4, 0.5) is 0 Å². The Balaban J connectivity index is 1.40. The van der Waals surface area contributed by atoms with Crippen molar-refractivity contribution in [3.63, 3.8) is 0 Å². The fraction of sp³-hybridized carbons (Fsp3) is 0.667. The van der Waals surface area contributed by atoms with Gasteiger partial charge in [0.1, 0.15) is 0 Å². The van der Waals surface area contributed by atoms with E-state index in [-0.39, 0.29) is 11.8 Å². The molecule has 0 spiro atoms. The molecule has 8 nitrogen and oxygen atoms in total. The number of benzene rings is 1. The van der Waals surface area contributed by atoms with Crippen LogP contribution >= 0.6 is 0 Å². The van der Waals surface area contributed by atoms with Gasteiger partial charge in [0.2, 0.25) is 11.8 Å². The summed E-state index contributed by atoms with van der Waals surface area (Å²) in [5, 5.41) is 5.76. The zero-order valence-corrected chi connectivity index (χ0v) is 19.8. The van der Waals surface area contributed by atoms with Crippen molar-refractivity contribution in [3.05, 3.63) is 35.4 Å². The SMILES string of the molecule is CCNC(=O)CN1CCN(Cc2cccc(CN3CCN(CC(=O)NCC)CC3)c2)CC1. The second-order valence-electron chi connectivity index (χ2n) is 8.83. The number of likely N-dealkylation sites (N-methyl/N-ethyl adjacent to an activating group) is 2. The molecule has 8 heteroatoms. The molecule has 0 unspecified atom stereocenters. The molecular formula is C24H40N6O2. The highest BCUT2D eigenvalue weighted by atomic mass is 16.2. The van der Waals surface area contributed by atoms with E-state index in [0.29, 0.717) is 26.2 Å². The summed E-state index contributed by atoms with van der Waals surface area (Å²) in [6.45, 7) is 16.0. The number of piperazine rings is 2. The number of carbonyl (C=O) groups excluding carboxylic acids is 2. The van der Waals surface area contributed by atoms with Gasteiger partial charge in [0.15, 0.2) is 0 Å². The third-order valence-corrected chi connectivity index (χ3v) is 6.22. The van der Waals surface area contributed by atoms with Crippen molar-refractivity contribution in [1.82, 2.24) is 30.2 Å². The van der Waals surface area contributed by atoms with Gasteiger partial charge in [0, 0.05) is 78.5 Å². The Morgan fingerprint density at radius 3 is 1.44 bits per heavy atom. The minimum Gasteiger partial charge on any atom is -0.355 e. The average Bonchev–Trinajstić information content (AvgIpc) is 2.77. The number of carbonyl (C=O) groups is 2. The van der Waals surface area contributed by atoms with Crippen LogP contribution in [0, 0.1) is 0 Å². The first-order valence-electron chi connectivity index (χ1n) is 12.1. The summed E-state index contributed by atoms with van der Waals surface area (Å²) in [5.41, 5.74) is 2.71. The van der Waals surface area contributed by atoms with Gasteiger partial charge >= 0.3 is 0 Å². The van der Waals surface area contributed by atoms with Crippen LogP contribution in [0.1, 0.15) is 25.0 Å². The van der Waals surface area contributed by atoms with Crippen LogP contribution in [-0.4, -0.2) is 110 Å². The predicted octanol–water partition coefficient (Wildman–Crippen LogP) is 0.194. The third kappa shape index (κ3) is 8.16. The molecule has 0 radical (unpaired) electrons. The number of hydrogen-bond acceptors (Lipinski definition) is 6. The van der Waals surface area contributed by atoms with Gasteiger partial charge in [-0.3, -0.25) is 29.2 Å². The van der Waals surface area contributed by atoms with Crippen LogP contribution in [0.3, 0.4) is 0 Å². The van der Waals surface area contributed by atoms with Crippen LogP contribution in [0.25, 0.3) is 0 Å². The van der Waals surface area contributed by atoms with E-state index in [1.54, 1.807) is 0 Å². The molecule has 2 N–H and O–H groups in total. The molecule has 0 saturated carbocycles. The molecule has 2 amide bonds. The summed E-state index contributed by atoms with van der Waals surface area (Å²) in [4.78, 5) is 33.0. The van der Waals surface area contributed by atoms with Gasteiger partial charge < -0.3 is 10.6 Å². The van der Waals surface area contributed by atoms with E-state index in [0.717, 1.165) is 65.4 Å². The molecule has 178 valence electrons. The molecule has 2 saturated heterocycles. The van der Waals surface area contributed by atoms with Crippen molar-refractivity contribution in [2.75, 3.05) is 78.5 Å². The molecule has 0 aliphatic carbocycles. The highest BCUT2D eigenvalue weighted by Gasteiger charge is 2.20. The first-order chi connectivity index (χ1) is 15.6. The molecule has 2 fully saturated rings. The Bertz CT molecular complexity index is 670. The van der Waals surface area contributed by atoms with Crippen molar-refractivity contribution >= 4 is 11.8 Å². The summed E-state index contributed by atoms with van der Waals surface area (Å²) in [7, 11) is 0. The van der Waals surface area contributed by atoms with Gasteiger partial charge in [-0.25, -0.2) is 0 Å². The van der Waals surface area contributed by atoms with Crippen LogP contribution in [0.15, 0.2) is 24.3 Å². The van der Waals surface area contributed by atoms with Crippen LogP contribution in [0.2, 0.25) is 0 Å². The number of nitrogens with one attached hydrogen (secondary N) is 2. The molecular weight excluding hydrogens is 404 g/mol. The van der Waals surface area contributed by atoms with Crippen LogP contribution in [0.5, 0.6) is 0 Å². The van der Waals surface area contributed by atoms with Gasteiger partial charge in [0.05, 0.1) is 13.1 Å². The van der Waals surface area contributed by atoms with E-state index < -0.39 is 0 Å². The lowest BCUT2D eigenvalue weighted by Crippen LogP contribution is -2.49. The highest BCUT2D eigenvalue weighted by molar-refractivity contribution is 5.78. The first-order valence-corrected chi connectivity index (χ1v) is 12.1. The quantitative estimate of drug-likeness (QED) is 0.537. The summed E-state index contributed by atoms with van der Waals surface area (Å²) in [5.74, 6) is 0.248. The van der Waals surface area contributed by atoms with E-state index in [2.05, 4.69) is 54.5 Å². The van der Waals surface area contributed by atoms with Gasteiger partial charge in [-0.2, -0.15) is 0 Å². The minimum atomic E-state index is 0.124. The van der Waals surface area contributed by atoms with Gasteiger partial charge in [0.25, 0.3) is 0 Å². The lowest BCUT2D eigenvalue weighted by atomic mass is 10.1. The highest BCUT2D eigenvalue weighted by Crippen LogP contribution is 2.14. The number of amides is 2. The topological polar surface area (TPSA) is 71.2 Å². The van der Waals surface area contributed by atoms with E-state index in [4.69, 9.17) is 0 Å². The van der Waals surface area contributed by atoms with E-state index in [1.165, 1.54) is 11.1 Å². The smallest absolute Gasteiger partial charge is 0.234 e. The molecule has 1 aromatic carbocycles. The van der Waals surface area contributed by atoms with Crippen molar-refractivity contribution in [2.24, 2.45) is 0 Å². The van der Waals surface area contributed by atoms with Crippen molar-refractivity contribution < 1.29 is 9.59 Å². The zero-order valence-electron chi connectivity index (χ0n) is 19.8. The van der Waals surface area contributed by atoms with Gasteiger partial charge in [-0.05, 0) is 25.0 Å². The average molecular weight is 445 g/mol. The monoisotopic (exact) mass is 444 g/mol. The maximum absolute atomic E-state index is 11.8. The third-order valence-electron chi connectivity index (χ3n) is 6.22. The molecule has 2 heterocycles. The zero-order chi connectivity index (χ0) is 22.8. The van der Waals surface area contributed by atoms with E-state index in [9.17, 15) is 9.59 Å². The number of hydrogen-bond donors (Lipinski definition) is 2. The second-order valence-corrected chi connectivity index (χ2v) is 8.83. The fourth-order valence-corrected chi connectivity index (χ4v) is 4.47. The second kappa shape index (κ2) is 12.9. The molecule has 0 atom stereocenters. The van der Waals surface area contributed by atoms with Crippen LogP contribution < -0.4 is 10.6 Å². The number of rotatable bonds is 10. The maximum atomic E-state index is 11.8. The van der Waals surface area contributed by atoms with Gasteiger partial charge in [-0.1, -0.05) is 24.3 Å². The summed E-state index contributed by atoms with van der Waals surface area (Å²) < 4.78 is 0. The lowest BCUT2D eigenvalue weighted by molar-refractivity contribution is -0.123. The Labute approximate surface area is 192 Å². The molecule has 1 aromatic rings. The molecule has 0 aromatic heterocycles. The Morgan fingerprint density at radius 2 is 1.06 bits per heavy atom. The Hall–Kier alpha value is -2.00. The normalized spacial score (nSPS) is 19.1. The van der Waals surface area contributed by atoms with E-state index >= 15 is 0 Å². The molecule has 0 bridgehead atoms. The predicted molar refractivity (Wildman–Crippen MR) is 127 cm³/mol. The van der Waals surface area contributed by atoms with Crippen LogP contribution in [-0.2, 0) is 22.7 Å². The van der Waals surface area contributed by atoms with Gasteiger partial charge in [-0.15, -0.1) is 0 Å². The van der Waals surface area contributed by atoms with Crippen molar-refractivity contribution in [3.8, 4) is 0 Å². The minimum absolute atomic E-state index is 0.124. The summed E-state index contributed by atoms with van der Waals surface area (Å²) >= 11 is 0. The Kier molecular flexibility index (Phi) is 9.92. The summed E-state index contributed by atoms with van der Waals surface area (Å²) in [6.07, 6.45) is 0. The molecule has 2 aliphatic heterocycles. The molecule has 32 heavy (non-hydrogen) atoms. The Morgan fingerprint density at radius 1 is 0.688 bits per heavy atom. The number of nitrogens with zero attached hydrogens (tertiary/aromatic N) is 4. The molecule has 2 aliphatic rings. The lowest BCUT2D eigenvalue weighted by Gasteiger charge is -2.35. The maximum Gasteiger partial charge on any atom is 0.234 e. The van der Waals surface area contributed by atoms with E-state index in [1.807, 2.05) is 13.8 Å². The summed E-state index contributed by atoms with van der Waals surface area (Å²) in [6, 6.07) is 8.94. The van der Waals surface area contributed by atoms with Crippen molar-refractivity contribution in [1.29, 1.82) is 0 Å². The first kappa shape index (κ1) is 24.6. The largest absolute Gasteiger partial charge is 0.355 e. The molecule has 3 rings (SSSR count). The van der Waals surface area contributed by atoms with Crippen molar-refractivity contribution in [2.45, 2.75) is 26.9 Å².